The second kappa shape index (κ2) is 4.99. The molecule has 0 saturated carbocycles. The Bertz CT molecular complexity index is 511. The molecule has 0 aliphatic carbocycles. The monoisotopic (exact) mass is 314 g/mol. The van der Waals surface area contributed by atoms with Gasteiger partial charge in [-0.05, 0) is 12.1 Å². The van der Waals surface area contributed by atoms with Crippen LogP contribution >= 0.6 is 15.9 Å². The molecular weight excluding hydrogens is 304 g/mol. The summed E-state index contributed by atoms with van der Waals surface area (Å²) in [5, 5.41) is 10.1. The highest BCUT2D eigenvalue weighted by Gasteiger charge is 2.24. The molecule has 0 saturated heterocycles. The number of carbonyl (C=O) groups excluding carboxylic acids is 1. The number of ether oxygens (including phenoxy) is 3. The van der Waals surface area contributed by atoms with Gasteiger partial charge in [-0.3, -0.25) is 0 Å². The highest BCUT2D eigenvalue weighted by Crippen LogP contribution is 2.40. The molecule has 6 heteroatoms. The van der Waals surface area contributed by atoms with E-state index in [0.29, 0.717) is 21.5 Å². The number of aliphatic hydroxyl groups is 1. The molecule has 0 bridgehead atoms. The average Bonchev–Trinajstić information content (AvgIpc) is 2.82. The van der Waals surface area contributed by atoms with Crippen LogP contribution in [0, 0.1) is 0 Å². The zero-order chi connectivity index (χ0) is 13.3. The summed E-state index contributed by atoms with van der Waals surface area (Å²) in [6, 6.07) is 3.27. The van der Waals surface area contributed by atoms with Crippen molar-refractivity contribution in [2.75, 3.05) is 13.9 Å². The molecule has 5 nitrogen and oxygen atoms in total. The van der Waals surface area contributed by atoms with E-state index in [1.54, 1.807) is 12.1 Å². The first kappa shape index (κ1) is 12.9. The third kappa shape index (κ3) is 2.21. The number of hydrogen-bond acceptors (Lipinski definition) is 5. The van der Waals surface area contributed by atoms with Crippen LogP contribution in [0.5, 0.6) is 11.5 Å². The van der Waals surface area contributed by atoms with Crippen molar-refractivity contribution in [1.82, 2.24) is 0 Å². The predicted molar refractivity (Wildman–Crippen MR) is 66.4 cm³/mol. The van der Waals surface area contributed by atoms with E-state index in [1.165, 1.54) is 7.11 Å². The molecule has 96 valence electrons. The molecule has 0 amide bonds. The normalized spacial score (nSPS) is 14.2. The van der Waals surface area contributed by atoms with Crippen molar-refractivity contribution < 1.29 is 24.1 Å². The number of aliphatic hydroxyl groups excluding tert-OH is 1. The summed E-state index contributed by atoms with van der Waals surface area (Å²) in [5.41, 5.74) is 0.423. The van der Waals surface area contributed by atoms with Gasteiger partial charge < -0.3 is 19.3 Å². The number of hydrogen-bond donors (Lipinski definition) is 1. The number of halogens is 1. The number of fused-ring (bicyclic) bond motifs is 1. The van der Waals surface area contributed by atoms with Gasteiger partial charge in [-0.25, -0.2) is 4.79 Å². The summed E-state index contributed by atoms with van der Waals surface area (Å²) < 4.78 is 15.5. The van der Waals surface area contributed by atoms with Gasteiger partial charge in [0.2, 0.25) is 6.79 Å². The first-order chi connectivity index (χ1) is 8.54. The van der Waals surface area contributed by atoms with Crippen LogP contribution in [0.1, 0.15) is 11.7 Å². The average molecular weight is 315 g/mol. The smallest absolute Gasteiger partial charge is 0.336 e. The maximum absolute atomic E-state index is 11.3. The van der Waals surface area contributed by atoms with E-state index in [2.05, 4.69) is 27.2 Å². The SMILES string of the molecule is C=C(C(=O)OC)[C@H](O)c1cc2c(cc1Br)OCO2. The van der Waals surface area contributed by atoms with E-state index in [4.69, 9.17) is 9.47 Å². The molecule has 1 aliphatic rings. The minimum absolute atomic E-state index is 0.0444. The van der Waals surface area contributed by atoms with Crippen molar-refractivity contribution in [3.63, 3.8) is 0 Å². The molecule has 1 aromatic rings. The van der Waals surface area contributed by atoms with Gasteiger partial charge in [0.1, 0.15) is 6.10 Å². The van der Waals surface area contributed by atoms with Gasteiger partial charge in [0.25, 0.3) is 0 Å². The summed E-state index contributed by atoms with van der Waals surface area (Å²) in [6.07, 6.45) is -1.17. The maximum Gasteiger partial charge on any atom is 0.336 e. The summed E-state index contributed by atoms with van der Waals surface area (Å²) in [7, 11) is 1.23. The summed E-state index contributed by atoms with van der Waals surface area (Å²) >= 11 is 3.30. The minimum atomic E-state index is -1.17. The van der Waals surface area contributed by atoms with Crippen LogP contribution in [0.15, 0.2) is 28.8 Å². The van der Waals surface area contributed by atoms with Crippen LogP contribution in [0.2, 0.25) is 0 Å². The fourth-order valence-corrected chi connectivity index (χ4v) is 2.11. The molecule has 1 aromatic carbocycles. The molecule has 0 unspecified atom stereocenters. The summed E-state index contributed by atoms with van der Waals surface area (Å²) in [4.78, 5) is 11.3. The van der Waals surface area contributed by atoms with Gasteiger partial charge in [-0.15, -0.1) is 0 Å². The Morgan fingerprint density at radius 1 is 1.50 bits per heavy atom. The van der Waals surface area contributed by atoms with Crippen molar-refractivity contribution in [3.8, 4) is 11.5 Å². The lowest BCUT2D eigenvalue weighted by Gasteiger charge is -2.14. The fraction of sp³-hybridized carbons (Fsp3) is 0.250. The van der Waals surface area contributed by atoms with Crippen LogP contribution in [-0.4, -0.2) is 25.0 Å². The molecule has 1 N–H and O–H groups in total. The summed E-state index contributed by atoms with van der Waals surface area (Å²) in [5.74, 6) is 0.443. The molecule has 0 radical (unpaired) electrons. The van der Waals surface area contributed by atoms with Crippen molar-refractivity contribution in [2.45, 2.75) is 6.10 Å². The van der Waals surface area contributed by atoms with Crippen molar-refractivity contribution in [2.24, 2.45) is 0 Å². The Kier molecular flexibility index (Phi) is 3.58. The number of esters is 1. The molecule has 18 heavy (non-hydrogen) atoms. The summed E-state index contributed by atoms with van der Waals surface area (Å²) in [6.45, 7) is 3.66. The molecule has 0 spiro atoms. The van der Waals surface area contributed by atoms with E-state index in [1.807, 2.05) is 0 Å². The second-order valence-corrected chi connectivity index (χ2v) is 4.50. The lowest BCUT2D eigenvalue weighted by atomic mass is 10.0. The Morgan fingerprint density at radius 3 is 2.72 bits per heavy atom. The lowest BCUT2D eigenvalue weighted by molar-refractivity contribution is -0.137. The fourth-order valence-electron chi connectivity index (χ4n) is 1.57. The standard InChI is InChI=1S/C12H11BrO5/c1-6(12(15)16-2)11(14)7-3-9-10(4-8(7)13)18-5-17-9/h3-4,11,14H,1,5H2,2H3/t11-/m0/s1. The molecule has 0 fully saturated rings. The number of rotatable bonds is 3. The molecule has 0 aromatic heterocycles. The van der Waals surface area contributed by atoms with Crippen molar-refractivity contribution in [1.29, 1.82) is 0 Å². The van der Waals surface area contributed by atoms with Crippen LogP contribution in [0.3, 0.4) is 0 Å². The molecule has 1 aliphatic heterocycles. The topological polar surface area (TPSA) is 65.0 Å². The highest BCUT2D eigenvalue weighted by molar-refractivity contribution is 9.10. The Balaban J connectivity index is 2.33. The number of methoxy groups -OCH3 is 1. The van der Waals surface area contributed by atoms with E-state index < -0.39 is 12.1 Å². The van der Waals surface area contributed by atoms with Gasteiger partial charge >= 0.3 is 5.97 Å². The quantitative estimate of drug-likeness (QED) is 0.682. The van der Waals surface area contributed by atoms with Crippen molar-refractivity contribution >= 4 is 21.9 Å². The molecule has 1 atom stereocenters. The largest absolute Gasteiger partial charge is 0.466 e. The number of carbonyl (C=O) groups is 1. The second-order valence-electron chi connectivity index (χ2n) is 3.65. The zero-order valence-corrected chi connectivity index (χ0v) is 11.2. The van der Waals surface area contributed by atoms with Gasteiger partial charge in [0, 0.05) is 10.0 Å². The molecular formula is C12H11BrO5. The van der Waals surface area contributed by atoms with E-state index in [-0.39, 0.29) is 12.4 Å². The van der Waals surface area contributed by atoms with Crippen LogP contribution in [-0.2, 0) is 9.53 Å². The maximum atomic E-state index is 11.3. The number of benzene rings is 1. The van der Waals surface area contributed by atoms with Crippen LogP contribution in [0.25, 0.3) is 0 Å². The van der Waals surface area contributed by atoms with Crippen molar-refractivity contribution in [3.05, 3.63) is 34.3 Å². The Morgan fingerprint density at radius 2 is 2.11 bits per heavy atom. The first-order valence-corrected chi connectivity index (χ1v) is 5.88. The van der Waals surface area contributed by atoms with Crippen LogP contribution in [0.4, 0.5) is 0 Å². The van der Waals surface area contributed by atoms with E-state index in [9.17, 15) is 9.90 Å². The van der Waals surface area contributed by atoms with Gasteiger partial charge in [0.15, 0.2) is 11.5 Å². The highest BCUT2D eigenvalue weighted by atomic mass is 79.9. The van der Waals surface area contributed by atoms with E-state index >= 15 is 0 Å². The van der Waals surface area contributed by atoms with Gasteiger partial charge in [-0.2, -0.15) is 0 Å². The molecule has 2 rings (SSSR count). The lowest BCUT2D eigenvalue weighted by Crippen LogP contribution is -2.12. The third-order valence-corrected chi connectivity index (χ3v) is 3.25. The van der Waals surface area contributed by atoms with Gasteiger partial charge in [0.05, 0.1) is 12.7 Å². The Labute approximate surface area is 112 Å². The Hall–Kier alpha value is -1.53. The first-order valence-electron chi connectivity index (χ1n) is 5.08. The third-order valence-electron chi connectivity index (χ3n) is 2.56. The molecule has 1 heterocycles. The zero-order valence-electron chi connectivity index (χ0n) is 9.60. The minimum Gasteiger partial charge on any atom is -0.466 e. The van der Waals surface area contributed by atoms with Gasteiger partial charge in [-0.1, -0.05) is 22.5 Å². The van der Waals surface area contributed by atoms with E-state index in [0.717, 1.165) is 0 Å². The predicted octanol–water partition coefficient (Wildman–Crippen LogP) is 1.94. The van der Waals surface area contributed by atoms with Crippen LogP contribution < -0.4 is 9.47 Å².